The molecule has 0 radical (unpaired) electrons. The Labute approximate surface area is 99.4 Å². The van der Waals surface area contributed by atoms with Crippen LogP contribution in [0.3, 0.4) is 0 Å². The maximum atomic E-state index is 11.7. The number of nitrogens with two attached hydrogens (primary N) is 1. The standard InChI is InChI=1S/C11H16N4O2/c1-6-8(5-13-15(6)3)10-7(11(12)17)4-9(16)14(10)2/h5,7,10H,4H2,1-3H3,(H2,12,17)/t7-,10-/m0/s1. The Kier molecular flexibility index (Phi) is 2.65. The summed E-state index contributed by atoms with van der Waals surface area (Å²) in [5.41, 5.74) is 7.20. The van der Waals surface area contributed by atoms with Crippen LogP contribution in [0.25, 0.3) is 0 Å². The van der Waals surface area contributed by atoms with Crippen molar-refractivity contribution in [2.24, 2.45) is 18.7 Å². The Bertz CT molecular complexity index is 480. The largest absolute Gasteiger partial charge is 0.369 e. The highest BCUT2D eigenvalue weighted by Gasteiger charge is 2.42. The molecule has 0 aliphatic carbocycles. The summed E-state index contributed by atoms with van der Waals surface area (Å²) in [6.45, 7) is 1.91. The van der Waals surface area contributed by atoms with E-state index in [1.165, 1.54) is 0 Å². The van der Waals surface area contributed by atoms with Crippen LogP contribution in [-0.4, -0.2) is 33.5 Å². The zero-order chi connectivity index (χ0) is 12.7. The fourth-order valence-corrected chi connectivity index (χ4v) is 2.36. The molecule has 1 saturated heterocycles. The molecular formula is C11H16N4O2. The third-order valence-electron chi connectivity index (χ3n) is 3.54. The van der Waals surface area contributed by atoms with E-state index in [-0.39, 0.29) is 18.4 Å². The first-order valence-electron chi connectivity index (χ1n) is 5.47. The van der Waals surface area contributed by atoms with Crippen LogP contribution in [0.15, 0.2) is 6.20 Å². The average molecular weight is 236 g/mol. The van der Waals surface area contributed by atoms with Gasteiger partial charge in [-0.15, -0.1) is 0 Å². The second-order valence-corrected chi connectivity index (χ2v) is 4.47. The van der Waals surface area contributed by atoms with Gasteiger partial charge in [0.1, 0.15) is 0 Å². The summed E-state index contributed by atoms with van der Waals surface area (Å²) in [7, 11) is 3.53. The number of aromatic nitrogens is 2. The third kappa shape index (κ3) is 1.69. The topological polar surface area (TPSA) is 81.2 Å². The molecular weight excluding hydrogens is 220 g/mol. The van der Waals surface area contributed by atoms with E-state index < -0.39 is 11.8 Å². The number of hydrogen-bond donors (Lipinski definition) is 1. The lowest BCUT2D eigenvalue weighted by Gasteiger charge is -2.23. The molecule has 0 bridgehead atoms. The van der Waals surface area contributed by atoms with Gasteiger partial charge in [0.15, 0.2) is 0 Å². The van der Waals surface area contributed by atoms with Crippen molar-refractivity contribution in [3.05, 3.63) is 17.5 Å². The van der Waals surface area contributed by atoms with Crippen LogP contribution in [0.1, 0.15) is 23.7 Å². The van der Waals surface area contributed by atoms with Gasteiger partial charge in [0.05, 0.1) is 18.2 Å². The lowest BCUT2D eigenvalue weighted by atomic mass is 9.93. The van der Waals surface area contributed by atoms with Gasteiger partial charge in [-0.3, -0.25) is 14.3 Å². The van der Waals surface area contributed by atoms with Crippen LogP contribution >= 0.6 is 0 Å². The zero-order valence-corrected chi connectivity index (χ0v) is 10.2. The fraction of sp³-hybridized carbons (Fsp3) is 0.545. The van der Waals surface area contributed by atoms with Crippen molar-refractivity contribution in [1.29, 1.82) is 0 Å². The second-order valence-electron chi connectivity index (χ2n) is 4.47. The number of likely N-dealkylation sites (tertiary alicyclic amines) is 1. The normalized spacial score (nSPS) is 24.4. The molecule has 2 atom stereocenters. The summed E-state index contributed by atoms with van der Waals surface area (Å²) >= 11 is 0. The highest BCUT2D eigenvalue weighted by atomic mass is 16.2. The summed E-state index contributed by atoms with van der Waals surface area (Å²) < 4.78 is 1.73. The van der Waals surface area contributed by atoms with Crippen molar-refractivity contribution < 1.29 is 9.59 Å². The van der Waals surface area contributed by atoms with Crippen molar-refractivity contribution in [1.82, 2.24) is 14.7 Å². The number of primary amides is 1. The molecule has 1 aromatic rings. The van der Waals surface area contributed by atoms with E-state index in [1.807, 2.05) is 14.0 Å². The molecule has 0 aromatic carbocycles. The number of nitrogens with zero attached hydrogens (tertiary/aromatic N) is 3. The number of rotatable bonds is 2. The minimum atomic E-state index is -0.463. The highest BCUT2D eigenvalue weighted by Crippen LogP contribution is 2.37. The van der Waals surface area contributed by atoms with Gasteiger partial charge in [0.2, 0.25) is 11.8 Å². The van der Waals surface area contributed by atoms with Crippen LogP contribution < -0.4 is 5.73 Å². The highest BCUT2D eigenvalue weighted by molar-refractivity contribution is 5.89. The summed E-state index contributed by atoms with van der Waals surface area (Å²) in [4.78, 5) is 24.7. The quantitative estimate of drug-likeness (QED) is 0.767. The molecule has 2 amide bonds. The number of hydrogen-bond acceptors (Lipinski definition) is 3. The van der Waals surface area contributed by atoms with Gasteiger partial charge < -0.3 is 10.6 Å². The number of aryl methyl sites for hydroxylation is 1. The predicted octanol–water partition coefficient (Wildman–Crippen LogP) is -0.267. The average Bonchev–Trinajstić information content (AvgIpc) is 2.73. The van der Waals surface area contributed by atoms with Crippen LogP contribution in [0, 0.1) is 12.8 Å². The molecule has 2 rings (SSSR count). The zero-order valence-electron chi connectivity index (χ0n) is 10.2. The maximum absolute atomic E-state index is 11.7. The first kappa shape index (κ1) is 11.6. The van der Waals surface area contributed by atoms with Crippen molar-refractivity contribution in [2.45, 2.75) is 19.4 Å². The smallest absolute Gasteiger partial charge is 0.223 e. The molecule has 1 aliphatic rings. The van der Waals surface area contributed by atoms with E-state index in [1.54, 1.807) is 22.8 Å². The van der Waals surface area contributed by atoms with Gasteiger partial charge in [0, 0.05) is 31.8 Å². The summed E-state index contributed by atoms with van der Waals surface area (Å²) in [5, 5.41) is 4.14. The first-order valence-corrected chi connectivity index (χ1v) is 5.47. The Morgan fingerprint density at radius 2 is 2.18 bits per heavy atom. The molecule has 1 aromatic heterocycles. The van der Waals surface area contributed by atoms with E-state index >= 15 is 0 Å². The Morgan fingerprint density at radius 3 is 2.65 bits per heavy atom. The van der Waals surface area contributed by atoms with E-state index in [0.29, 0.717) is 0 Å². The SMILES string of the molecule is Cc1c([C@@H]2[C@@H](C(N)=O)CC(=O)N2C)cnn1C. The predicted molar refractivity (Wildman–Crippen MR) is 60.8 cm³/mol. The number of carbonyl (C=O) groups excluding carboxylic acids is 2. The first-order chi connectivity index (χ1) is 7.93. The Morgan fingerprint density at radius 1 is 1.53 bits per heavy atom. The Hall–Kier alpha value is -1.85. The monoisotopic (exact) mass is 236 g/mol. The van der Waals surface area contributed by atoms with Gasteiger partial charge in [-0.2, -0.15) is 5.10 Å². The molecule has 0 unspecified atom stereocenters. The molecule has 6 nitrogen and oxygen atoms in total. The van der Waals surface area contributed by atoms with Crippen LogP contribution in [-0.2, 0) is 16.6 Å². The van der Waals surface area contributed by atoms with Gasteiger partial charge in [-0.1, -0.05) is 0 Å². The van der Waals surface area contributed by atoms with Gasteiger partial charge in [0.25, 0.3) is 0 Å². The maximum Gasteiger partial charge on any atom is 0.223 e. The van der Waals surface area contributed by atoms with Crippen molar-refractivity contribution in [3.63, 3.8) is 0 Å². The lowest BCUT2D eigenvalue weighted by molar-refractivity contribution is -0.128. The lowest BCUT2D eigenvalue weighted by Crippen LogP contribution is -2.30. The summed E-state index contributed by atoms with van der Waals surface area (Å²) in [6.07, 6.45) is 1.88. The van der Waals surface area contributed by atoms with Crippen molar-refractivity contribution >= 4 is 11.8 Å². The van der Waals surface area contributed by atoms with Crippen LogP contribution in [0.4, 0.5) is 0 Å². The minimum Gasteiger partial charge on any atom is -0.369 e. The summed E-state index contributed by atoms with van der Waals surface area (Å²) in [5.74, 6) is -0.951. The van der Waals surface area contributed by atoms with Gasteiger partial charge >= 0.3 is 0 Å². The molecule has 92 valence electrons. The molecule has 0 saturated carbocycles. The second kappa shape index (κ2) is 3.87. The summed E-state index contributed by atoms with van der Waals surface area (Å²) in [6, 6.07) is -0.284. The van der Waals surface area contributed by atoms with Gasteiger partial charge in [-0.25, -0.2) is 0 Å². The minimum absolute atomic E-state index is 0.0537. The molecule has 0 spiro atoms. The molecule has 17 heavy (non-hydrogen) atoms. The number of carbonyl (C=O) groups is 2. The molecule has 1 fully saturated rings. The van der Waals surface area contributed by atoms with Crippen LogP contribution in [0.5, 0.6) is 0 Å². The molecule has 6 heteroatoms. The van der Waals surface area contributed by atoms with Gasteiger partial charge in [-0.05, 0) is 6.92 Å². The van der Waals surface area contributed by atoms with E-state index in [4.69, 9.17) is 5.73 Å². The Balaban J connectivity index is 2.44. The molecule has 2 N–H and O–H groups in total. The van der Waals surface area contributed by atoms with E-state index in [0.717, 1.165) is 11.3 Å². The number of amides is 2. The van der Waals surface area contributed by atoms with Crippen molar-refractivity contribution in [2.75, 3.05) is 7.05 Å². The van der Waals surface area contributed by atoms with E-state index in [2.05, 4.69) is 5.10 Å². The third-order valence-corrected chi connectivity index (χ3v) is 3.54. The van der Waals surface area contributed by atoms with Crippen molar-refractivity contribution in [3.8, 4) is 0 Å². The molecule has 1 aliphatic heterocycles. The van der Waals surface area contributed by atoms with Crippen LogP contribution in [0.2, 0.25) is 0 Å². The van der Waals surface area contributed by atoms with E-state index in [9.17, 15) is 9.59 Å². The molecule has 2 heterocycles. The fourth-order valence-electron chi connectivity index (χ4n) is 2.36.